The van der Waals surface area contributed by atoms with Crippen molar-refractivity contribution in [3.05, 3.63) is 41.6 Å². The minimum absolute atomic E-state index is 0.0594. The Balaban J connectivity index is 1.88. The summed E-state index contributed by atoms with van der Waals surface area (Å²) in [6.07, 6.45) is 0.948. The first-order chi connectivity index (χ1) is 14.7. The van der Waals surface area contributed by atoms with E-state index in [1.807, 2.05) is 20.8 Å². The lowest BCUT2D eigenvalue weighted by molar-refractivity contribution is -0.141. The van der Waals surface area contributed by atoms with Crippen LogP contribution in [0.5, 0.6) is 0 Å². The van der Waals surface area contributed by atoms with Crippen LogP contribution in [0.15, 0.2) is 30.3 Å². The van der Waals surface area contributed by atoms with Crippen LogP contribution in [-0.2, 0) is 30.3 Å². The van der Waals surface area contributed by atoms with Gasteiger partial charge in [0.1, 0.15) is 6.54 Å². The Labute approximate surface area is 180 Å². The highest BCUT2D eigenvalue weighted by molar-refractivity contribution is 6.43. The molecule has 0 unspecified atom stereocenters. The average Bonchev–Trinajstić information content (AvgIpc) is 3.12. The van der Waals surface area contributed by atoms with Gasteiger partial charge in [-0.15, -0.1) is 0 Å². The van der Waals surface area contributed by atoms with Crippen LogP contribution in [0.1, 0.15) is 37.6 Å². The zero-order valence-electron chi connectivity index (χ0n) is 18.0. The Morgan fingerprint density at radius 2 is 1.74 bits per heavy atom. The van der Waals surface area contributed by atoms with Crippen LogP contribution in [0.4, 0.5) is 11.5 Å². The maximum Gasteiger partial charge on any atom is 0.325 e. The van der Waals surface area contributed by atoms with Gasteiger partial charge in [0, 0.05) is 23.5 Å². The third-order valence-electron chi connectivity index (χ3n) is 4.61. The summed E-state index contributed by atoms with van der Waals surface area (Å²) in [4.78, 5) is 47.2. The zero-order valence-corrected chi connectivity index (χ0v) is 18.0. The quantitative estimate of drug-likeness (QED) is 0.431. The van der Waals surface area contributed by atoms with Gasteiger partial charge in [0.15, 0.2) is 5.82 Å². The predicted molar refractivity (Wildman–Crippen MR) is 114 cm³/mol. The summed E-state index contributed by atoms with van der Waals surface area (Å²) >= 11 is 0. The maximum atomic E-state index is 12.2. The molecule has 0 fully saturated rings. The molecule has 0 bridgehead atoms. The van der Waals surface area contributed by atoms with Gasteiger partial charge in [-0.3, -0.25) is 23.9 Å². The number of carbonyl (C=O) groups excluding carboxylic acids is 4. The molecule has 31 heavy (non-hydrogen) atoms. The minimum Gasteiger partial charge on any atom is -0.468 e. The summed E-state index contributed by atoms with van der Waals surface area (Å²) in [5.74, 6) is -2.23. The standard InChI is InChI=1S/C21H27N5O5/c1-5-13(2)26-14(3)10-17(25-26)24-21(30)20(29)23-16-8-6-15(7-9-16)11-18(27)22-12-19(28)31-4/h6-10,13H,5,11-12H2,1-4H3,(H,22,27)(H,23,29)(H,24,25,30)/t13-/m1/s1. The normalized spacial score (nSPS) is 11.4. The van der Waals surface area contributed by atoms with Crippen LogP contribution in [0.2, 0.25) is 0 Å². The number of carbonyl (C=O) groups is 4. The molecule has 0 radical (unpaired) electrons. The fraction of sp³-hybridized carbons (Fsp3) is 0.381. The number of benzene rings is 1. The number of amides is 3. The number of anilines is 2. The minimum atomic E-state index is -0.834. The second kappa shape index (κ2) is 10.9. The van der Waals surface area contributed by atoms with Gasteiger partial charge in [-0.2, -0.15) is 5.10 Å². The molecule has 1 heterocycles. The molecule has 0 saturated carbocycles. The molecule has 1 atom stereocenters. The van der Waals surface area contributed by atoms with E-state index in [1.165, 1.54) is 7.11 Å². The molecule has 10 heteroatoms. The maximum absolute atomic E-state index is 12.2. The van der Waals surface area contributed by atoms with Gasteiger partial charge < -0.3 is 20.7 Å². The molecule has 3 N–H and O–H groups in total. The van der Waals surface area contributed by atoms with Crippen molar-refractivity contribution in [1.82, 2.24) is 15.1 Å². The molecule has 0 spiro atoms. The van der Waals surface area contributed by atoms with E-state index in [9.17, 15) is 19.2 Å². The van der Waals surface area contributed by atoms with E-state index < -0.39 is 17.8 Å². The molecule has 1 aromatic heterocycles. The summed E-state index contributed by atoms with van der Waals surface area (Å²) in [5, 5.41) is 11.7. The molecule has 0 saturated heterocycles. The van der Waals surface area contributed by atoms with Crippen LogP contribution in [0, 0.1) is 6.92 Å². The van der Waals surface area contributed by atoms with Gasteiger partial charge in [-0.05, 0) is 38.0 Å². The number of aryl methyl sites for hydroxylation is 1. The average molecular weight is 429 g/mol. The van der Waals surface area contributed by atoms with Crippen molar-refractivity contribution >= 4 is 35.2 Å². The SMILES string of the molecule is CC[C@@H](C)n1nc(NC(=O)C(=O)Nc2ccc(CC(=O)NCC(=O)OC)cc2)cc1C. The first-order valence-electron chi connectivity index (χ1n) is 9.84. The van der Waals surface area contributed by atoms with E-state index in [0.29, 0.717) is 17.1 Å². The van der Waals surface area contributed by atoms with Crippen molar-refractivity contribution < 1.29 is 23.9 Å². The molecular formula is C21H27N5O5. The van der Waals surface area contributed by atoms with Crippen molar-refractivity contribution in [2.24, 2.45) is 0 Å². The van der Waals surface area contributed by atoms with Gasteiger partial charge in [-0.25, -0.2) is 0 Å². The summed E-state index contributed by atoms with van der Waals surface area (Å²) in [6.45, 7) is 5.74. The third kappa shape index (κ3) is 6.95. The van der Waals surface area contributed by atoms with E-state index in [-0.39, 0.29) is 24.9 Å². The first-order valence-corrected chi connectivity index (χ1v) is 9.84. The van der Waals surface area contributed by atoms with Gasteiger partial charge in [0.2, 0.25) is 5.91 Å². The lowest BCUT2D eigenvalue weighted by Crippen LogP contribution is -2.31. The van der Waals surface area contributed by atoms with Gasteiger partial charge >= 0.3 is 17.8 Å². The molecule has 10 nitrogen and oxygen atoms in total. The van der Waals surface area contributed by atoms with Crippen molar-refractivity contribution in [3.8, 4) is 0 Å². The van der Waals surface area contributed by atoms with E-state index >= 15 is 0 Å². The second-order valence-corrected chi connectivity index (χ2v) is 7.01. The monoisotopic (exact) mass is 429 g/mol. The Hall–Kier alpha value is -3.69. The highest BCUT2D eigenvalue weighted by atomic mass is 16.5. The number of nitrogens with zero attached hydrogens (tertiary/aromatic N) is 2. The zero-order chi connectivity index (χ0) is 23.0. The molecular weight excluding hydrogens is 402 g/mol. The number of methoxy groups -OCH3 is 1. The number of hydrogen-bond donors (Lipinski definition) is 3. The topological polar surface area (TPSA) is 131 Å². The second-order valence-electron chi connectivity index (χ2n) is 7.01. The number of ether oxygens (including phenoxy) is 1. The Kier molecular flexibility index (Phi) is 8.30. The van der Waals surface area contributed by atoms with E-state index in [1.54, 1.807) is 35.0 Å². The number of hydrogen-bond acceptors (Lipinski definition) is 6. The molecule has 0 aliphatic rings. The van der Waals surface area contributed by atoms with Crippen LogP contribution >= 0.6 is 0 Å². The van der Waals surface area contributed by atoms with Crippen molar-refractivity contribution in [1.29, 1.82) is 0 Å². The summed E-state index contributed by atoms with van der Waals surface area (Å²) in [7, 11) is 1.24. The summed E-state index contributed by atoms with van der Waals surface area (Å²) in [5.41, 5.74) is 1.97. The van der Waals surface area contributed by atoms with Gasteiger partial charge in [0.05, 0.1) is 13.5 Å². The van der Waals surface area contributed by atoms with Crippen LogP contribution in [0.25, 0.3) is 0 Å². The van der Waals surface area contributed by atoms with E-state index in [0.717, 1.165) is 12.1 Å². The van der Waals surface area contributed by atoms with Crippen LogP contribution in [0.3, 0.4) is 0 Å². The molecule has 166 valence electrons. The van der Waals surface area contributed by atoms with Gasteiger partial charge in [0.25, 0.3) is 0 Å². The smallest absolute Gasteiger partial charge is 0.325 e. The Morgan fingerprint density at radius 3 is 2.35 bits per heavy atom. The van der Waals surface area contributed by atoms with Crippen molar-refractivity contribution in [2.75, 3.05) is 24.3 Å². The highest BCUT2D eigenvalue weighted by Crippen LogP contribution is 2.16. The largest absolute Gasteiger partial charge is 0.468 e. The van der Waals surface area contributed by atoms with Crippen LogP contribution in [-0.4, -0.2) is 47.1 Å². The molecule has 1 aromatic carbocycles. The lowest BCUT2D eigenvalue weighted by Gasteiger charge is -2.10. The Bertz CT molecular complexity index is 952. The predicted octanol–water partition coefficient (Wildman–Crippen LogP) is 1.57. The van der Waals surface area contributed by atoms with Crippen LogP contribution < -0.4 is 16.0 Å². The van der Waals surface area contributed by atoms with Crippen molar-refractivity contribution in [3.63, 3.8) is 0 Å². The number of rotatable bonds is 8. The number of nitrogens with one attached hydrogen (secondary N) is 3. The molecule has 0 aliphatic heterocycles. The molecule has 2 aromatic rings. The van der Waals surface area contributed by atoms with Crippen molar-refractivity contribution in [2.45, 2.75) is 39.7 Å². The Morgan fingerprint density at radius 1 is 1.10 bits per heavy atom. The molecule has 3 amide bonds. The van der Waals surface area contributed by atoms with E-state index in [4.69, 9.17) is 0 Å². The molecule has 2 rings (SSSR count). The summed E-state index contributed by atoms with van der Waals surface area (Å²) < 4.78 is 6.25. The van der Waals surface area contributed by atoms with Gasteiger partial charge in [-0.1, -0.05) is 19.1 Å². The number of esters is 1. The highest BCUT2D eigenvalue weighted by Gasteiger charge is 2.17. The molecule has 0 aliphatic carbocycles. The summed E-state index contributed by atoms with van der Waals surface area (Å²) in [6, 6.07) is 8.33. The fourth-order valence-corrected chi connectivity index (χ4v) is 2.73. The van der Waals surface area contributed by atoms with E-state index in [2.05, 4.69) is 25.8 Å². The third-order valence-corrected chi connectivity index (χ3v) is 4.61. The number of aromatic nitrogens is 2. The first kappa shape index (κ1) is 23.6. The fourth-order valence-electron chi connectivity index (χ4n) is 2.73. The lowest BCUT2D eigenvalue weighted by atomic mass is 10.1.